The van der Waals surface area contributed by atoms with Crippen molar-refractivity contribution in [1.82, 2.24) is 0 Å². The Balaban J connectivity index is 3.50. The number of benzene rings is 1. The summed E-state index contributed by atoms with van der Waals surface area (Å²) < 4.78 is 18.8. The van der Waals surface area contributed by atoms with Gasteiger partial charge < -0.3 is 10.5 Å². The van der Waals surface area contributed by atoms with Crippen LogP contribution in [-0.4, -0.2) is 19.4 Å². The van der Waals surface area contributed by atoms with Crippen molar-refractivity contribution in [3.8, 4) is 5.75 Å². The number of nitrogens with two attached hydrogens (primary N) is 1. The minimum Gasteiger partial charge on any atom is -0.495 e. The molecule has 0 unspecified atom stereocenters. The Morgan fingerprint density at radius 3 is 2.73 bits per heavy atom. The van der Waals surface area contributed by atoms with Crippen LogP contribution in [-0.2, 0) is 0 Å². The molecule has 0 aliphatic heterocycles. The predicted octanol–water partition coefficient (Wildman–Crippen LogP) is 2.05. The smallest absolute Gasteiger partial charge is 0.180 e. The molecule has 5 heteroatoms. The lowest BCUT2D eigenvalue weighted by Gasteiger charge is -2.12. The second-order valence-electron chi connectivity index (χ2n) is 3.00. The van der Waals surface area contributed by atoms with E-state index in [-0.39, 0.29) is 23.5 Å². The third-order valence-electron chi connectivity index (χ3n) is 2.10. The van der Waals surface area contributed by atoms with Gasteiger partial charge in [0.15, 0.2) is 5.78 Å². The number of carbonyl (C=O) groups is 1. The molecule has 3 nitrogen and oxygen atoms in total. The average Bonchev–Trinajstić information content (AvgIpc) is 2.21. The summed E-state index contributed by atoms with van der Waals surface area (Å²) in [7, 11) is 1.42. The molecule has 0 heterocycles. The van der Waals surface area contributed by atoms with Gasteiger partial charge in [0.05, 0.1) is 23.7 Å². The summed E-state index contributed by atoms with van der Waals surface area (Å²) in [6.45, 7) is 1.35. The molecule has 0 bridgehead atoms. The SMILES string of the molecule is COc1c(Br)cc(F)c(C)c1C(=O)CN. The van der Waals surface area contributed by atoms with E-state index < -0.39 is 5.82 Å². The lowest BCUT2D eigenvalue weighted by atomic mass is 10.0. The van der Waals surface area contributed by atoms with Crippen LogP contribution in [0.15, 0.2) is 10.5 Å². The largest absolute Gasteiger partial charge is 0.495 e. The molecule has 0 atom stereocenters. The fraction of sp³-hybridized carbons (Fsp3) is 0.300. The van der Waals surface area contributed by atoms with Crippen LogP contribution in [0.5, 0.6) is 5.75 Å². The zero-order valence-electron chi connectivity index (χ0n) is 8.43. The Morgan fingerprint density at radius 2 is 2.27 bits per heavy atom. The van der Waals surface area contributed by atoms with Gasteiger partial charge in [0.2, 0.25) is 0 Å². The zero-order valence-corrected chi connectivity index (χ0v) is 10.0. The molecule has 0 amide bonds. The molecule has 0 aliphatic carbocycles. The van der Waals surface area contributed by atoms with E-state index in [0.29, 0.717) is 10.2 Å². The summed E-state index contributed by atoms with van der Waals surface area (Å²) in [4.78, 5) is 11.5. The van der Waals surface area contributed by atoms with Crippen molar-refractivity contribution in [2.75, 3.05) is 13.7 Å². The highest BCUT2D eigenvalue weighted by Crippen LogP contribution is 2.33. The summed E-state index contributed by atoms with van der Waals surface area (Å²) >= 11 is 3.13. The van der Waals surface area contributed by atoms with Gasteiger partial charge in [0.1, 0.15) is 11.6 Å². The first-order valence-corrected chi connectivity index (χ1v) is 5.08. The van der Waals surface area contributed by atoms with Crippen LogP contribution in [0.2, 0.25) is 0 Å². The van der Waals surface area contributed by atoms with Crippen molar-refractivity contribution in [2.45, 2.75) is 6.92 Å². The fourth-order valence-corrected chi connectivity index (χ4v) is 1.89. The molecule has 0 aromatic heterocycles. The third kappa shape index (κ3) is 2.18. The van der Waals surface area contributed by atoms with Gasteiger partial charge in [0, 0.05) is 0 Å². The van der Waals surface area contributed by atoms with E-state index in [0.717, 1.165) is 0 Å². The molecule has 0 radical (unpaired) electrons. The summed E-state index contributed by atoms with van der Waals surface area (Å²) in [5.41, 5.74) is 5.71. The number of Topliss-reactive ketones (excluding diaryl/α,β-unsaturated/α-hetero) is 1. The van der Waals surface area contributed by atoms with Crippen molar-refractivity contribution >= 4 is 21.7 Å². The molecule has 0 aliphatic rings. The maximum absolute atomic E-state index is 13.4. The van der Waals surface area contributed by atoms with E-state index in [4.69, 9.17) is 10.5 Å². The summed E-state index contributed by atoms with van der Waals surface area (Å²) in [6, 6.07) is 1.27. The fourth-order valence-electron chi connectivity index (χ4n) is 1.33. The zero-order chi connectivity index (χ0) is 11.6. The van der Waals surface area contributed by atoms with Gasteiger partial charge in [-0.3, -0.25) is 4.79 Å². The standard InChI is InChI=1S/C10H11BrFNO2/c1-5-7(12)3-6(11)10(15-2)9(5)8(14)4-13/h3H,4,13H2,1-2H3. The molecular formula is C10H11BrFNO2. The maximum Gasteiger partial charge on any atom is 0.180 e. The normalized spacial score (nSPS) is 10.2. The molecule has 1 rings (SSSR count). The second-order valence-corrected chi connectivity index (χ2v) is 3.86. The first-order valence-electron chi connectivity index (χ1n) is 4.28. The minimum atomic E-state index is -0.459. The third-order valence-corrected chi connectivity index (χ3v) is 2.69. The molecule has 1 aromatic carbocycles. The topological polar surface area (TPSA) is 52.3 Å². The number of rotatable bonds is 3. The van der Waals surface area contributed by atoms with Crippen molar-refractivity contribution in [3.63, 3.8) is 0 Å². The molecule has 82 valence electrons. The van der Waals surface area contributed by atoms with Crippen molar-refractivity contribution in [3.05, 3.63) is 27.5 Å². The van der Waals surface area contributed by atoms with E-state index in [2.05, 4.69) is 15.9 Å². The van der Waals surface area contributed by atoms with Crippen molar-refractivity contribution in [1.29, 1.82) is 0 Å². The lowest BCUT2D eigenvalue weighted by Crippen LogP contribution is -2.16. The summed E-state index contributed by atoms with van der Waals surface area (Å²) in [5.74, 6) is -0.478. The molecule has 15 heavy (non-hydrogen) atoms. The second kappa shape index (κ2) is 4.72. The van der Waals surface area contributed by atoms with E-state index in [1.54, 1.807) is 0 Å². The first kappa shape index (κ1) is 12.1. The van der Waals surface area contributed by atoms with Gasteiger partial charge in [-0.2, -0.15) is 0 Å². The predicted molar refractivity (Wildman–Crippen MR) is 58.8 cm³/mol. The highest BCUT2D eigenvalue weighted by Gasteiger charge is 2.19. The Morgan fingerprint density at radius 1 is 1.67 bits per heavy atom. The van der Waals surface area contributed by atoms with Gasteiger partial charge >= 0.3 is 0 Å². The van der Waals surface area contributed by atoms with E-state index in [9.17, 15) is 9.18 Å². The number of ketones is 1. The first-order chi connectivity index (χ1) is 7.02. The highest BCUT2D eigenvalue weighted by molar-refractivity contribution is 9.10. The quantitative estimate of drug-likeness (QED) is 0.859. The molecule has 1 aromatic rings. The molecule has 0 spiro atoms. The number of halogens is 2. The lowest BCUT2D eigenvalue weighted by molar-refractivity contribution is 0.0997. The number of ether oxygens (including phenoxy) is 1. The van der Waals surface area contributed by atoms with Crippen molar-refractivity contribution in [2.24, 2.45) is 5.73 Å². The molecule has 0 saturated heterocycles. The van der Waals surface area contributed by atoms with Crippen LogP contribution in [0.3, 0.4) is 0 Å². The monoisotopic (exact) mass is 275 g/mol. The van der Waals surface area contributed by atoms with Gasteiger partial charge in [-0.1, -0.05) is 0 Å². The number of carbonyl (C=O) groups excluding carboxylic acids is 1. The highest BCUT2D eigenvalue weighted by atomic mass is 79.9. The van der Waals surface area contributed by atoms with Crippen LogP contribution in [0.25, 0.3) is 0 Å². The number of hydrogen-bond donors (Lipinski definition) is 1. The van der Waals surface area contributed by atoms with E-state index >= 15 is 0 Å². The molecule has 2 N–H and O–H groups in total. The maximum atomic E-state index is 13.4. The van der Waals surface area contributed by atoms with Crippen LogP contribution in [0.1, 0.15) is 15.9 Å². The van der Waals surface area contributed by atoms with Crippen LogP contribution in [0.4, 0.5) is 4.39 Å². The van der Waals surface area contributed by atoms with Gasteiger partial charge in [-0.25, -0.2) is 4.39 Å². The van der Waals surface area contributed by atoms with Crippen LogP contribution < -0.4 is 10.5 Å². The Hall–Kier alpha value is -0.940. The number of methoxy groups -OCH3 is 1. The summed E-state index contributed by atoms with van der Waals surface area (Å²) in [5, 5.41) is 0. The van der Waals surface area contributed by atoms with Crippen LogP contribution >= 0.6 is 15.9 Å². The van der Waals surface area contributed by atoms with E-state index in [1.807, 2.05) is 0 Å². The van der Waals surface area contributed by atoms with Gasteiger partial charge in [0.25, 0.3) is 0 Å². The average molecular weight is 276 g/mol. The van der Waals surface area contributed by atoms with E-state index in [1.165, 1.54) is 20.1 Å². The number of hydrogen-bond acceptors (Lipinski definition) is 3. The van der Waals surface area contributed by atoms with Crippen molar-refractivity contribution < 1.29 is 13.9 Å². The Labute approximate surface area is 95.5 Å². The molecule has 0 fully saturated rings. The molecule has 0 saturated carbocycles. The van der Waals surface area contributed by atoms with Gasteiger partial charge in [-0.05, 0) is 34.5 Å². The molecular weight excluding hydrogens is 265 g/mol. The minimum absolute atomic E-state index is 0.174. The summed E-state index contributed by atoms with van der Waals surface area (Å²) in [6.07, 6.45) is 0. The van der Waals surface area contributed by atoms with Gasteiger partial charge in [-0.15, -0.1) is 0 Å². The van der Waals surface area contributed by atoms with Crippen LogP contribution in [0, 0.1) is 12.7 Å². The Kier molecular flexibility index (Phi) is 3.82. The Bertz CT molecular complexity index is 407.